The topological polar surface area (TPSA) is 44.5 Å². The molecule has 0 aliphatic rings. The molecule has 0 aromatic heterocycles. The monoisotopic (exact) mass is 301 g/mol. The molecule has 0 spiro atoms. The molecule has 2 aromatic carbocycles. The van der Waals surface area contributed by atoms with Crippen LogP contribution in [0.2, 0.25) is 0 Å². The Morgan fingerprint density at radius 2 is 1.76 bits per heavy atom. The van der Waals surface area contributed by atoms with Crippen molar-refractivity contribution in [2.45, 2.75) is 20.3 Å². The Morgan fingerprint density at radius 1 is 1.10 bits per heavy atom. The first-order valence-electron chi connectivity index (χ1n) is 6.91. The maximum absolute atomic E-state index is 5.89. The van der Waals surface area contributed by atoms with Crippen molar-refractivity contribution < 1.29 is 9.47 Å². The van der Waals surface area contributed by atoms with Gasteiger partial charge in [0.2, 0.25) is 0 Å². The van der Waals surface area contributed by atoms with Gasteiger partial charge in [0.15, 0.2) is 0 Å². The van der Waals surface area contributed by atoms with Gasteiger partial charge in [0.1, 0.15) is 22.2 Å². The zero-order valence-electron chi connectivity index (χ0n) is 12.3. The molecule has 0 fully saturated rings. The van der Waals surface area contributed by atoms with Gasteiger partial charge in [0.25, 0.3) is 0 Å². The average molecular weight is 301 g/mol. The molecule has 2 aromatic rings. The van der Waals surface area contributed by atoms with E-state index in [0.29, 0.717) is 17.3 Å². The van der Waals surface area contributed by atoms with Crippen LogP contribution < -0.4 is 15.2 Å². The first kappa shape index (κ1) is 15.3. The summed E-state index contributed by atoms with van der Waals surface area (Å²) in [5.41, 5.74) is 7.56. The Labute approximate surface area is 130 Å². The van der Waals surface area contributed by atoms with Gasteiger partial charge in [-0.3, -0.25) is 0 Å². The van der Waals surface area contributed by atoms with E-state index >= 15 is 0 Å². The van der Waals surface area contributed by atoms with Crippen molar-refractivity contribution in [3.05, 3.63) is 53.6 Å². The van der Waals surface area contributed by atoms with E-state index in [1.807, 2.05) is 49.4 Å². The molecule has 0 saturated heterocycles. The van der Waals surface area contributed by atoms with E-state index in [4.69, 9.17) is 27.4 Å². The maximum Gasteiger partial charge on any atom is 0.137 e. The lowest BCUT2D eigenvalue weighted by Gasteiger charge is -2.12. The van der Waals surface area contributed by atoms with Gasteiger partial charge in [-0.2, -0.15) is 0 Å². The molecule has 0 saturated carbocycles. The molecule has 0 aliphatic carbocycles. The van der Waals surface area contributed by atoms with Gasteiger partial charge in [-0.1, -0.05) is 25.2 Å². The lowest BCUT2D eigenvalue weighted by atomic mass is 10.1. The van der Waals surface area contributed by atoms with Gasteiger partial charge >= 0.3 is 0 Å². The molecule has 0 amide bonds. The number of rotatable bonds is 6. The number of aryl methyl sites for hydroxylation is 1. The van der Waals surface area contributed by atoms with Crippen LogP contribution in [0.15, 0.2) is 42.5 Å². The predicted molar refractivity (Wildman–Crippen MR) is 89.4 cm³/mol. The highest BCUT2D eigenvalue weighted by Crippen LogP contribution is 2.28. The fraction of sp³-hybridized carbons (Fsp3) is 0.235. The summed E-state index contributed by atoms with van der Waals surface area (Å²) in [6.45, 7) is 4.79. The summed E-state index contributed by atoms with van der Waals surface area (Å²) in [7, 11) is 0. The van der Waals surface area contributed by atoms with Crippen LogP contribution in [0.5, 0.6) is 17.2 Å². The van der Waals surface area contributed by atoms with Crippen LogP contribution in [0, 0.1) is 6.92 Å². The highest BCUT2D eigenvalue weighted by Gasteiger charge is 2.08. The lowest BCUT2D eigenvalue weighted by Crippen LogP contribution is -2.10. The highest BCUT2D eigenvalue weighted by molar-refractivity contribution is 7.80. The molecular weight excluding hydrogens is 282 g/mol. The van der Waals surface area contributed by atoms with Gasteiger partial charge in [0.05, 0.1) is 12.2 Å². The van der Waals surface area contributed by atoms with Crippen LogP contribution >= 0.6 is 12.2 Å². The highest BCUT2D eigenvalue weighted by atomic mass is 32.1. The maximum atomic E-state index is 5.89. The molecule has 0 unspecified atom stereocenters. The zero-order chi connectivity index (χ0) is 15.2. The standard InChI is InChI=1S/C17H19NO2S/c1-3-10-19-13-5-7-14(8-6-13)20-16-11-12(2)4-9-15(16)17(18)21/h4-9,11H,3,10H2,1-2H3,(H2,18,21). The third-order valence-corrected chi connectivity index (χ3v) is 3.15. The van der Waals surface area contributed by atoms with E-state index in [-0.39, 0.29) is 0 Å². The summed E-state index contributed by atoms with van der Waals surface area (Å²) < 4.78 is 11.4. The fourth-order valence-corrected chi connectivity index (χ4v) is 2.04. The van der Waals surface area contributed by atoms with Crippen molar-refractivity contribution >= 4 is 17.2 Å². The van der Waals surface area contributed by atoms with Crippen molar-refractivity contribution in [3.8, 4) is 17.2 Å². The molecule has 0 heterocycles. The Morgan fingerprint density at radius 3 is 2.38 bits per heavy atom. The van der Waals surface area contributed by atoms with Crippen LogP contribution in [0.1, 0.15) is 24.5 Å². The molecular formula is C17H19NO2S. The van der Waals surface area contributed by atoms with E-state index < -0.39 is 0 Å². The molecule has 0 aliphatic heterocycles. The fourth-order valence-electron chi connectivity index (χ4n) is 1.87. The van der Waals surface area contributed by atoms with E-state index in [1.54, 1.807) is 0 Å². The van der Waals surface area contributed by atoms with E-state index in [0.717, 1.165) is 29.0 Å². The molecule has 2 N–H and O–H groups in total. The molecule has 0 bridgehead atoms. The van der Waals surface area contributed by atoms with Crippen molar-refractivity contribution in [1.29, 1.82) is 0 Å². The van der Waals surface area contributed by atoms with Crippen molar-refractivity contribution in [2.75, 3.05) is 6.61 Å². The van der Waals surface area contributed by atoms with Crippen molar-refractivity contribution in [2.24, 2.45) is 5.73 Å². The average Bonchev–Trinajstić information content (AvgIpc) is 2.46. The first-order valence-corrected chi connectivity index (χ1v) is 7.32. The molecule has 4 heteroatoms. The summed E-state index contributed by atoms with van der Waals surface area (Å²) in [5.74, 6) is 2.23. The number of nitrogens with two attached hydrogens (primary N) is 1. The Balaban J connectivity index is 2.18. The molecule has 2 rings (SSSR count). The van der Waals surface area contributed by atoms with Gasteiger partial charge in [-0.05, 0) is 55.3 Å². The number of benzene rings is 2. The summed E-state index contributed by atoms with van der Waals surface area (Å²) >= 11 is 5.06. The predicted octanol–water partition coefficient (Wildman–Crippen LogP) is 4.21. The van der Waals surface area contributed by atoms with Gasteiger partial charge in [0, 0.05) is 0 Å². The summed E-state index contributed by atoms with van der Waals surface area (Å²) in [4.78, 5) is 0.327. The molecule has 3 nitrogen and oxygen atoms in total. The summed E-state index contributed by atoms with van der Waals surface area (Å²) in [6.07, 6.45) is 0.985. The van der Waals surface area contributed by atoms with Crippen molar-refractivity contribution in [1.82, 2.24) is 0 Å². The quantitative estimate of drug-likeness (QED) is 0.812. The minimum absolute atomic E-state index is 0.327. The minimum Gasteiger partial charge on any atom is -0.494 e. The van der Waals surface area contributed by atoms with Gasteiger partial charge in [-0.25, -0.2) is 0 Å². The molecule has 21 heavy (non-hydrogen) atoms. The summed E-state index contributed by atoms with van der Waals surface area (Å²) in [5, 5.41) is 0. The number of hydrogen-bond donors (Lipinski definition) is 1. The number of ether oxygens (including phenoxy) is 2. The molecule has 110 valence electrons. The first-order chi connectivity index (χ1) is 10.1. The largest absolute Gasteiger partial charge is 0.494 e. The summed E-state index contributed by atoms with van der Waals surface area (Å²) in [6, 6.07) is 13.3. The lowest BCUT2D eigenvalue weighted by molar-refractivity contribution is 0.317. The van der Waals surface area contributed by atoms with Crippen molar-refractivity contribution in [3.63, 3.8) is 0 Å². The SMILES string of the molecule is CCCOc1ccc(Oc2cc(C)ccc2C(N)=S)cc1. The molecule has 0 atom stereocenters. The normalized spacial score (nSPS) is 10.2. The van der Waals surface area contributed by atoms with E-state index in [1.165, 1.54) is 0 Å². The zero-order valence-corrected chi connectivity index (χ0v) is 13.1. The second-order valence-electron chi connectivity index (χ2n) is 4.79. The number of hydrogen-bond acceptors (Lipinski definition) is 3. The minimum atomic E-state index is 0.327. The second kappa shape index (κ2) is 7.09. The Hall–Kier alpha value is -2.07. The smallest absolute Gasteiger partial charge is 0.137 e. The third-order valence-electron chi connectivity index (χ3n) is 2.93. The van der Waals surface area contributed by atoms with Crippen LogP contribution in [-0.4, -0.2) is 11.6 Å². The van der Waals surface area contributed by atoms with Crippen LogP contribution in [0.3, 0.4) is 0 Å². The van der Waals surface area contributed by atoms with Crippen LogP contribution in [0.4, 0.5) is 0 Å². The molecule has 0 radical (unpaired) electrons. The number of thiocarbonyl (C=S) groups is 1. The Bertz CT molecular complexity index is 623. The Kier molecular flexibility index (Phi) is 5.17. The van der Waals surface area contributed by atoms with Crippen LogP contribution in [0.25, 0.3) is 0 Å². The van der Waals surface area contributed by atoms with Crippen LogP contribution in [-0.2, 0) is 0 Å². The second-order valence-corrected chi connectivity index (χ2v) is 5.23. The van der Waals surface area contributed by atoms with Gasteiger partial charge < -0.3 is 15.2 Å². The van der Waals surface area contributed by atoms with Gasteiger partial charge in [-0.15, -0.1) is 0 Å². The third kappa shape index (κ3) is 4.20. The van der Waals surface area contributed by atoms with E-state index in [2.05, 4.69) is 6.92 Å². The van der Waals surface area contributed by atoms with E-state index in [9.17, 15) is 0 Å².